The van der Waals surface area contributed by atoms with Gasteiger partial charge in [-0.05, 0) is 29.8 Å². The minimum absolute atomic E-state index is 0.173. The monoisotopic (exact) mass is 307 g/mol. The summed E-state index contributed by atoms with van der Waals surface area (Å²) in [6.07, 6.45) is 4.57. The maximum Gasteiger partial charge on any atom is 0.118 e. The highest BCUT2D eigenvalue weighted by Gasteiger charge is 2.24. The number of aromatic amines is 2. The molecule has 0 fully saturated rings. The van der Waals surface area contributed by atoms with Gasteiger partial charge in [0.25, 0.3) is 0 Å². The van der Waals surface area contributed by atoms with Gasteiger partial charge in [0.2, 0.25) is 0 Å². The topological polar surface area (TPSA) is 78.1 Å². The van der Waals surface area contributed by atoms with Crippen LogP contribution in [0.5, 0.6) is 5.75 Å². The van der Waals surface area contributed by atoms with Crippen molar-refractivity contribution in [2.24, 2.45) is 5.10 Å². The molecule has 2 aromatic heterocycles. The average molecular weight is 307 g/mol. The Morgan fingerprint density at radius 1 is 1.17 bits per heavy atom. The number of hydrogen-bond acceptors (Lipinski definition) is 4. The first kappa shape index (κ1) is 13.6. The first-order chi connectivity index (χ1) is 11.3. The number of methoxy groups -OCH3 is 1. The highest BCUT2D eigenvalue weighted by molar-refractivity contribution is 6.05. The molecule has 0 saturated carbocycles. The number of H-pyrrole nitrogens is 2. The minimum Gasteiger partial charge on any atom is -0.497 e. The fraction of sp³-hybridized carbons (Fsp3) is 0.176. The molecule has 1 aliphatic rings. The molecule has 6 heteroatoms. The molecule has 3 N–H and O–H groups in total. The summed E-state index contributed by atoms with van der Waals surface area (Å²) in [6.45, 7) is 0. The lowest BCUT2D eigenvalue weighted by Crippen LogP contribution is -2.10. The van der Waals surface area contributed by atoms with E-state index in [4.69, 9.17) is 4.74 Å². The summed E-state index contributed by atoms with van der Waals surface area (Å²) in [7, 11) is 1.66. The van der Waals surface area contributed by atoms with Gasteiger partial charge in [0, 0.05) is 23.9 Å². The highest BCUT2D eigenvalue weighted by Crippen LogP contribution is 2.29. The van der Waals surface area contributed by atoms with E-state index in [1.54, 1.807) is 7.11 Å². The van der Waals surface area contributed by atoms with Crippen LogP contribution < -0.4 is 10.2 Å². The molecule has 4 rings (SSSR count). The third-order valence-corrected chi connectivity index (χ3v) is 4.08. The van der Waals surface area contributed by atoms with E-state index in [1.165, 1.54) is 0 Å². The number of benzene rings is 1. The molecule has 0 amide bonds. The molecule has 3 aromatic rings. The molecular formula is C17H17N5O. The van der Waals surface area contributed by atoms with E-state index in [0.29, 0.717) is 0 Å². The van der Waals surface area contributed by atoms with Crippen LogP contribution in [-0.4, -0.2) is 28.0 Å². The summed E-state index contributed by atoms with van der Waals surface area (Å²) in [5.74, 6) is 0.838. The Hall–Kier alpha value is -3.02. The second-order valence-corrected chi connectivity index (χ2v) is 5.46. The SMILES string of the molecule is COc1ccc(-c2cn[nH]c2C2=NNC(c3ccc[nH]3)C2)cc1. The van der Waals surface area contributed by atoms with Gasteiger partial charge in [-0.1, -0.05) is 12.1 Å². The number of ether oxygens (including phenoxy) is 1. The third-order valence-electron chi connectivity index (χ3n) is 4.08. The minimum atomic E-state index is 0.173. The van der Waals surface area contributed by atoms with Crippen LogP contribution in [0.1, 0.15) is 23.9 Å². The van der Waals surface area contributed by atoms with Crippen molar-refractivity contribution in [2.75, 3.05) is 7.11 Å². The van der Waals surface area contributed by atoms with Crippen molar-refractivity contribution in [3.63, 3.8) is 0 Å². The molecule has 0 saturated heterocycles. The first-order valence-corrected chi connectivity index (χ1v) is 7.48. The van der Waals surface area contributed by atoms with Crippen LogP contribution in [0, 0.1) is 0 Å². The molecule has 1 aromatic carbocycles. The van der Waals surface area contributed by atoms with Crippen LogP contribution in [0.15, 0.2) is 53.9 Å². The van der Waals surface area contributed by atoms with Gasteiger partial charge in [0.15, 0.2) is 0 Å². The van der Waals surface area contributed by atoms with E-state index in [2.05, 4.69) is 31.8 Å². The van der Waals surface area contributed by atoms with Crippen LogP contribution in [0.2, 0.25) is 0 Å². The molecular weight excluding hydrogens is 290 g/mol. The van der Waals surface area contributed by atoms with Crippen molar-refractivity contribution in [1.82, 2.24) is 20.6 Å². The van der Waals surface area contributed by atoms with Gasteiger partial charge in [0.05, 0.1) is 30.8 Å². The van der Waals surface area contributed by atoms with Crippen LogP contribution in [0.25, 0.3) is 11.1 Å². The third kappa shape index (κ3) is 2.48. The fourth-order valence-electron chi connectivity index (χ4n) is 2.83. The molecule has 1 atom stereocenters. The quantitative estimate of drug-likeness (QED) is 0.693. The number of rotatable bonds is 4. The van der Waals surface area contributed by atoms with E-state index < -0.39 is 0 Å². The normalized spacial score (nSPS) is 16.9. The second-order valence-electron chi connectivity index (χ2n) is 5.46. The van der Waals surface area contributed by atoms with Gasteiger partial charge in [-0.3, -0.25) is 5.10 Å². The zero-order valence-electron chi connectivity index (χ0n) is 12.7. The molecule has 23 heavy (non-hydrogen) atoms. The van der Waals surface area contributed by atoms with Crippen molar-refractivity contribution >= 4 is 5.71 Å². The van der Waals surface area contributed by atoms with E-state index in [-0.39, 0.29) is 6.04 Å². The van der Waals surface area contributed by atoms with Gasteiger partial charge in [-0.2, -0.15) is 10.2 Å². The standard InChI is InChI=1S/C17H17N5O/c1-23-12-6-4-11(5-7-12)13-10-19-22-17(13)16-9-15(20-21-16)14-3-2-8-18-14/h2-8,10,15,18,20H,9H2,1H3,(H,19,22). The molecule has 0 bridgehead atoms. The summed E-state index contributed by atoms with van der Waals surface area (Å²) in [6, 6.07) is 12.2. The average Bonchev–Trinajstić information content (AvgIpc) is 3.34. The second kappa shape index (κ2) is 5.64. The van der Waals surface area contributed by atoms with Crippen LogP contribution in [0.3, 0.4) is 0 Å². The lowest BCUT2D eigenvalue weighted by atomic mass is 10.0. The Balaban J connectivity index is 1.60. The zero-order chi connectivity index (χ0) is 15.6. The summed E-state index contributed by atoms with van der Waals surface area (Å²) in [5.41, 5.74) is 8.38. The fourth-order valence-corrected chi connectivity index (χ4v) is 2.83. The smallest absolute Gasteiger partial charge is 0.118 e. The van der Waals surface area contributed by atoms with Gasteiger partial charge < -0.3 is 15.1 Å². The Labute approximate surface area is 133 Å². The van der Waals surface area contributed by atoms with E-state index in [9.17, 15) is 0 Å². The van der Waals surface area contributed by atoms with Gasteiger partial charge >= 0.3 is 0 Å². The van der Waals surface area contributed by atoms with Crippen molar-refractivity contribution in [3.05, 3.63) is 60.2 Å². The Bertz CT molecular complexity index is 817. The maximum atomic E-state index is 5.21. The van der Waals surface area contributed by atoms with Gasteiger partial charge in [-0.15, -0.1) is 0 Å². The Morgan fingerprint density at radius 3 is 2.78 bits per heavy atom. The number of hydrazone groups is 1. The number of hydrogen-bond donors (Lipinski definition) is 3. The van der Waals surface area contributed by atoms with Crippen LogP contribution >= 0.6 is 0 Å². The molecule has 1 unspecified atom stereocenters. The van der Waals surface area contributed by atoms with Crippen molar-refractivity contribution in [2.45, 2.75) is 12.5 Å². The summed E-state index contributed by atoms with van der Waals surface area (Å²) >= 11 is 0. The number of nitrogens with zero attached hydrogens (tertiary/aromatic N) is 2. The summed E-state index contributed by atoms with van der Waals surface area (Å²) in [4.78, 5) is 3.23. The molecule has 0 radical (unpaired) electrons. The Morgan fingerprint density at radius 2 is 2.04 bits per heavy atom. The molecule has 0 aliphatic carbocycles. The van der Waals surface area contributed by atoms with E-state index in [1.807, 2.05) is 42.7 Å². The molecule has 116 valence electrons. The number of aromatic nitrogens is 3. The van der Waals surface area contributed by atoms with Crippen molar-refractivity contribution < 1.29 is 4.74 Å². The van der Waals surface area contributed by atoms with Crippen molar-refractivity contribution in [3.8, 4) is 16.9 Å². The molecule has 6 nitrogen and oxygen atoms in total. The van der Waals surface area contributed by atoms with Crippen LogP contribution in [-0.2, 0) is 0 Å². The predicted molar refractivity (Wildman–Crippen MR) is 88.4 cm³/mol. The Kier molecular flexibility index (Phi) is 3.34. The molecule has 3 heterocycles. The number of nitrogens with one attached hydrogen (secondary N) is 3. The summed E-state index contributed by atoms with van der Waals surface area (Å²) in [5, 5.41) is 11.8. The molecule has 1 aliphatic heterocycles. The van der Waals surface area contributed by atoms with Gasteiger partial charge in [-0.25, -0.2) is 0 Å². The summed E-state index contributed by atoms with van der Waals surface area (Å²) < 4.78 is 5.21. The van der Waals surface area contributed by atoms with Crippen LogP contribution in [0.4, 0.5) is 0 Å². The van der Waals surface area contributed by atoms with E-state index in [0.717, 1.165) is 40.4 Å². The molecule has 0 spiro atoms. The predicted octanol–water partition coefficient (Wildman–Crippen LogP) is 2.85. The largest absolute Gasteiger partial charge is 0.497 e. The van der Waals surface area contributed by atoms with Gasteiger partial charge in [0.1, 0.15) is 5.75 Å². The highest BCUT2D eigenvalue weighted by atomic mass is 16.5. The first-order valence-electron chi connectivity index (χ1n) is 7.48. The lowest BCUT2D eigenvalue weighted by Gasteiger charge is -2.07. The van der Waals surface area contributed by atoms with E-state index >= 15 is 0 Å². The maximum absolute atomic E-state index is 5.21. The zero-order valence-corrected chi connectivity index (χ0v) is 12.7. The lowest BCUT2D eigenvalue weighted by molar-refractivity contribution is 0.415. The van der Waals surface area contributed by atoms with Crippen molar-refractivity contribution in [1.29, 1.82) is 0 Å².